The fourth-order valence-corrected chi connectivity index (χ4v) is 5.17. The van der Waals surface area contributed by atoms with E-state index >= 15 is 0 Å². The predicted molar refractivity (Wildman–Crippen MR) is 130 cm³/mol. The Labute approximate surface area is 205 Å². The number of hydrogen-bond acceptors (Lipinski definition) is 6. The molecule has 1 N–H and O–H groups in total. The van der Waals surface area contributed by atoms with Gasteiger partial charge in [0.25, 0.3) is 0 Å². The fraction of sp³-hybridized carbons (Fsp3) is 0.577. The molecule has 3 atom stereocenters. The summed E-state index contributed by atoms with van der Waals surface area (Å²) in [5, 5.41) is 0.966. The third-order valence-corrected chi connectivity index (χ3v) is 6.79. The molecular weight excluding hydrogens is 450 g/mol. The van der Waals surface area contributed by atoms with Gasteiger partial charge in [-0.15, -0.1) is 0 Å². The van der Waals surface area contributed by atoms with Crippen molar-refractivity contribution >= 4 is 28.9 Å². The van der Waals surface area contributed by atoms with Crippen molar-refractivity contribution in [2.24, 2.45) is 17.8 Å². The number of amides is 2. The highest BCUT2D eigenvalue weighted by atomic mass is 16.6. The van der Waals surface area contributed by atoms with E-state index in [1.165, 1.54) is 0 Å². The lowest BCUT2D eigenvalue weighted by atomic mass is 9.79. The Bertz CT molecular complexity index is 1100. The first-order chi connectivity index (χ1) is 16.6. The first-order valence-electron chi connectivity index (χ1n) is 12.2. The molecule has 2 amide bonds. The molecule has 0 saturated carbocycles. The van der Waals surface area contributed by atoms with Crippen LogP contribution < -0.4 is 4.74 Å². The second kappa shape index (κ2) is 9.79. The van der Waals surface area contributed by atoms with E-state index < -0.39 is 11.5 Å². The normalized spacial score (nSPS) is 22.1. The van der Waals surface area contributed by atoms with Crippen LogP contribution in [0.4, 0.5) is 4.79 Å². The largest absolute Gasteiger partial charge is 0.497 e. The van der Waals surface area contributed by atoms with Gasteiger partial charge in [0.1, 0.15) is 11.4 Å². The number of esters is 1. The van der Waals surface area contributed by atoms with Crippen molar-refractivity contribution in [3.05, 3.63) is 30.0 Å². The van der Waals surface area contributed by atoms with Gasteiger partial charge in [0, 0.05) is 49.3 Å². The molecule has 2 aliphatic rings. The Balaban J connectivity index is 1.51. The summed E-state index contributed by atoms with van der Waals surface area (Å²) in [6.45, 7) is 9.20. The zero-order chi connectivity index (χ0) is 25.3. The summed E-state index contributed by atoms with van der Waals surface area (Å²) in [4.78, 5) is 45.6. The highest BCUT2D eigenvalue weighted by molar-refractivity contribution is 5.90. The molecule has 9 heteroatoms. The summed E-state index contributed by atoms with van der Waals surface area (Å²) in [5.74, 6) is -0.173. The molecule has 1 aromatic heterocycles. The Morgan fingerprint density at radius 1 is 1.09 bits per heavy atom. The van der Waals surface area contributed by atoms with Gasteiger partial charge in [0.2, 0.25) is 5.91 Å². The zero-order valence-electron chi connectivity index (χ0n) is 21.1. The lowest BCUT2D eigenvalue weighted by Crippen LogP contribution is -2.51. The highest BCUT2D eigenvalue weighted by Crippen LogP contribution is 2.37. The van der Waals surface area contributed by atoms with Gasteiger partial charge in [0.15, 0.2) is 0 Å². The molecule has 0 bridgehead atoms. The van der Waals surface area contributed by atoms with E-state index in [-0.39, 0.29) is 49.4 Å². The van der Waals surface area contributed by atoms with Crippen molar-refractivity contribution in [1.82, 2.24) is 14.8 Å². The number of carbonyl (C=O) groups is 3. The van der Waals surface area contributed by atoms with E-state index in [4.69, 9.17) is 14.2 Å². The van der Waals surface area contributed by atoms with E-state index in [1.54, 1.807) is 23.8 Å². The van der Waals surface area contributed by atoms with Crippen LogP contribution in [0.3, 0.4) is 0 Å². The SMILES string of the molecule is CCOC(=O)C1CN(C(=O)Cc2c[nH]c3cc(OC)ccc23)CC2CN(C(=O)OC(C)(C)C)CC21. The van der Waals surface area contributed by atoms with Crippen molar-refractivity contribution in [3.8, 4) is 5.75 Å². The van der Waals surface area contributed by atoms with Crippen LogP contribution in [0, 0.1) is 17.8 Å². The van der Waals surface area contributed by atoms with Crippen molar-refractivity contribution < 1.29 is 28.6 Å². The Hall–Kier alpha value is -3.23. The molecule has 1 aromatic carbocycles. The number of aromatic nitrogens is 1. The van der Waals surface area contributed by atoms with E-state index in [0.717, 1.165) is 22.2 Å². The van der Waals surface area contributed by atoms with Crippen molar-refractivity contribution in [1.29, 1.82) is 0 Å². The van der Waals surface area contributed by atoms with Crippen LogP contribution in [0.2, 0.25) is 0 Å². The summed E-state index contributed by atoms with van der Waals surface area (Å²) in [6, 6.07) is 5.71. The smallest absolute Gasteiger partial charge is 0.410 e. The van der Waals surface area contributed by atoms with Gasteiger partial charge in [-0.1, -0.05) is 0 Å². The second-order valence-electron chi connectivity index (χ2n) is 10.4. The summed E-state index contributed by atoms with van der Waals surface area (Å²) in [6.07, 6.45) is 1.67. The third-order valence-electron chi connectivity index (χ3n) is 6.79. The monoisotopic (exact) mass is 485 g/mol. The number of piperidine rings is 1. The van der Waals surface area contributed by atoms with Crippen LogP contribution in [0.5, 0.6) is 5.75 Å². The zero-order valence-corrected chi connectivity index (χ0v) is 21.1. The number of H-pyrrole nitrogens is 1. The predicted octanol–water partition coefficient (Wildman–Crippen LogP) is 3.22. The van der Waals surface area contributed by atoms with E-state index in [1.807, 2.05) is 45.2 Å². The average molecular weight is 486 g/mol. The lowest BCUT2D eigenvalue weighted by molar-refractivity contribution is -0.155. The number of nitrogens with one attached hydrogen (secondary N) is 1. The van der Waals surface area contributed by atoms with Crippen molar-refractivity contribution in [3.63, 3.8) is 0 Å². The maximum absolute atomic E-state index is 13.4. The van der Waals surface area contributed by atoms with E-state index in [9.17, 15) is 14.4 Å². The summed E-state index contributed by atoms with van der Waals surface area (Å²) in [7, 11) is 1.62. The third kappa shape index (κ3) is 5.39. The van der Waals surface area contributed by atoms with Gasteiger partial charge in [-0.25, -0.2) is 4.79 Å². The number of nitrogens with zero attached hydrogens (tertiary/aromatic N) is 2. The van der Waals surface area contributed by atoms with Gasteiger partial charge in [-0.05, 0) is 57.2 Å². The Kier molecular flexibility index (Phi) is 6.96. The molecule has 9 nitrogen and oxygen atoms in total. The second-order valence-corrected chi connectivity index (χ2v) is 10.4. The standard InChI is InChI=1S/C26H35N3O6/c1-6-34-24(31)21-15-28(12-17-13-29(14-20(17)21)25(32)35-26(2,3)4)23(30)9-16-11-27-22-10-18(33-5)7-8-19(16)22/h7-8,10-11,17,20-21,27H,6,9,12-15H2,1-5H3. The number of aromatic amines is 1. The number of likely N-dealkylation sites (tertiary alicyclic amines) is 2. The number of ether oxygens (including phenoxy) is 3. The van der Waals surface area contributed by atoms with Gasteiger partial charge < -0.3 is 29.0 Å². The quantitative estimate of drug-likeness (QED) is 0.653. The maximum Gasteiger partial charge on any atom is 0.410 e. The number of rotatable bonds is 5. The van der Waals surface area contributed by atoms with Crippen LogP contribution in [0.25, 0.3) is 10.9 Å². The minimum atomic E-state index is -0.600. The molecule has 2 fully saturated rings. The molecule has 4 rings (SSSR count). The first kappa shape index (κ1) is 24.9. The molecule has 2 saturated heterocycles. The van der Waals surface area contributed by atoms with Crippen LogP contribution in [0.15, 0.2) is 24.4 Å². The van der Waals surface area contributed by atoms with E-state index in [0.29, 0.717) is 19.6 Å². The molecule has 3 unspecified atom stereocenters. The number of carbonyl (C=O) groups excluding carboxylic acids is 3. The van der Waals surface area contributed by atoms with Gasteiger partial charge >= 0.3 is 12.1 Å². The molecule has 35 heavy (non-hydrogen) atoms. The number of fused-ring (bicyclic) bond motifs is 2. The van der Waals surface area contributed by atoms with Gasteiger partial charge in [-0.3, -0.25) is 9.59 Å². The molecule has 2 aromatic rings. The molecule has 3 heterocycles. The number of methoxy groups -OCH3 is 1. The summed E-state index contributed by atoms with van der Waals surface area (Å²) >= 11 is 0. The topological polar surface area (TPSA) is 101 Å². The molecule has 0 aliphatic carbocycles. The molecule has 2 aliphatic heterocycles. The lowest BCUT2D eigenvalue weighted by Gasteiger charge is -2.39. The molecule has 190 valence electrons. The Morgan fingerprint density at radius 2 is 1.83 bits per heavy atom. The van der Waals surface area contributed by atoms with Crippen LogP contribution in [0.1, 0.15) is 33.3 Å². The van der Waals surface area contributed by atoms with Gasteiger partial charge in [-0.2, -0.15) is 0 Å². The van der Waals surface area contributed by atoms with Crippen molar-refractivity contribution in [2.45, 2.75) is 39.7 Å². The van der Waals surface area contributed by atoms with Crippen LogP contribution in [-0.4, -0.2) is 78.3 Å². The van der Waals surface area contributed by atoms with E-state index in [2.05, 4.69) is 4.98 Å². The first-order valence-corrected chi connectivity index (χ1v) is 12.2. The van der Waals surface area contributed by atoms with Crippen LogP contribution in [-0.2, 0) is 25.5 Å². The molecular formula is C26H35N3O6. The number of hydrogen-bond donors (Lipinski definition) is 1. The molecule has 0 radical (unpaired) electrons. The fourth-order valence-electron chi connectivity index (χ4n) is 5.17. The minimum Gasteiger partial charge on any atom is -0.497 e. The highest BCUT2D eigenvalue weighted by Gasteiger charge is 2.49. The minimum absolute atomic E-state index is 0.0122. The van der Waals surface area contributed by atoms with Gasteiger partial charge in [0.05, 0.1) is 26.1 Å². The summed E-state index contributed by atoms with van der Waals surface area (Å²) < 4.78 is 16.2. The van der Waals surface area contributed by atoms with Crippen molar-refractivity contribution in [2.75, 3.05) is 39.9 Å². The average Bonchev–Trinajstić information content (AvgIpc) is 3.41. The maximum atomic E-state index is 13.4. The Morgan fingerprint density at radius 3 is 2.51 bits per heavy atom. The molecule has 0 spiro atoms. The summed E-state index contributed by atoms with van der Waals surface area (Å²) in [5.41, 5.74) is 1.19. The number of benzene rings is 1. The van der Waals surface area contributed by atoms with Crippen LogP contribution >= 0.6 is 0 Å².